The van der Waals surface area contributed by atoms with Gasteiger partial charge in [0.05, 0.1) is 16.3 Å². The van der Waals surface area contributed by atoms with E-state index in [1.165, 1.54) is 22.5 Å². The number of carbonyl (C=O) groups excluding carboxylic acids is 2. The van der Waals surface area contributed by atoms with E-state index in [9.17, 15) is 18.0 Å². The van der Waals surface area contributed by atoms with Crippen molar-refractivity contribution < 1.29 is 22.7 Å². The summed E-state index contributed by atoms with van der Waals surface area (Å²) in [6.07, 6.45) is 0.587. The van der Waals surface area contributed by atoms with E-state index in [4.69, 9.17) is 16.3 Å². The molecule has 0 fully saturated rings. The lowest BCUT2D eigenvalue weighted by atomic mass is 10.0. The van der Waals surface area contributed by atoms with Crippen molar-refractivity contribution >= 4 is 39.2 Å². The SMILES string of the molecule is CC(C)(C)N(Cc1ccccc1)C(=O)COC(=O)c1ccc(Cl)c(S(=O)(=O)N2CCc3ccccc32)c1. The predicted octanol–water partition coefficient (Wildman–Crippen LogP) is 5.08. The molecule has 0 saturated carbocycles. The summed E-state index contributed by atoms with van der Waals surface area (Å²) in [6, 6.07) is 20.8. The first kappa shape index (κ1) is 26.7. The molecule has 0 aliphatic carbocycles. The Kier molecular flexibility index (Phi) is 7.62. The van der Waals surface area contributed by atoms with Gasteiger partial charge >= 0.3 is 5.97 Å². The molecule has 3 aromatic carbocycles. The van der Waals surface area contributed by atoms with Gasteiger partial charge in [-0.2, -0.15) is 0 Å². The molecule has 0 N–H and O–H groups in total. The van der Waals surface area contributed by atoms with Crippen molar-refractivity contribution in [2.24, 2.45) is 0 Å². The topological polar surface area (TPSA) is 84.0 Å². The van der Waals surface area contributed by atoms with Gasteiger partial charge in [-0.25, -0.2) is 13.2 Å². The van der Waals surface area contributed by atoms with Gasteiger partial charge in [0.25, 0.3) is 15.9 Å². The van der Waals surface area contributed by atoms with E-state index in [-0.39, 0.29) is 27.9 Å². The van der Waals surface area contributed by atoms with Gasteiger partial charge in [-0.15, -0.1) is 0 Å². The Morgan fingerprint density at radius 3 is 2.38 bits per heavy atom. The largest absolute Gasteiger partial charge is 0.452 e. The predicted molar refractivity (Wildman–Crippen MR) is 143 cm³/mol. The van der Waals surface area contributed by atoms with E-state index in [2.05, 4.69) is 0 Å². The van der Waals surface area contributed by atoms with Gasteiger partial charge in [0, 0.05) is 18.6 Å². The fourth-order valence-corrected chi connectivity index (χ4v) is 6.26. The second kappa shape index (κ2) is 10.6. The molecule has 37 heavy (non-hydrogen) atoms. The summed E-state index contributed by atoms with van der Waals surface area (Å²) >= 11 is 6.27. The molecule has 0 spiro atoms. The third kappa shape index (κ3) is 5.81. The van der Waals surface area contributed by atoms with Gasteiger partial charge < -0.3 is 9.64 Å². The monoisotopic (exact) mass is 540 g/mol. The van der Waals surface area contributed by atoms with Crippen LogP contribution in [-0.2, 0) is 32.5 Å². The molecule has 0 bridgehead atoms. The van der Waals surface area contributed by atoms with E-state index in [1.807, 2.05) is 63.2 Å². The van der Waals surface area contributed by atoms with Crippen molar-refractivity contribution in [3.63, 3.8) is 0 Å². The van der Waals surface area contributed by atoms with Gasteiger partial charge in [-0.3, -0.25) is 9.10 Å². The number of amides is 1. The standard InChI is InChI=1S/C28H29ClN2O5S/c1-28(2,3)30(18-20-9-5-4-6-10-20)26(32)19-36-27(33)22-13-14-23(29)25(17-22)37(34,35)31-16-15-21-11-7-8-12-24(21)31/h4-14,17H,15-16,18-19H2,1-3H3. The second-order valence-corrected chi connectivity index (χ2v) is 12.1. The lowest BCUT2D eigenvalue weighted by Crippen LogP contribution is -2.46. The van der Waals surface area contributed by atoms with Gasteiger partial charge in [-0.05, 0) is 62.6 Å². The maximum atomic E-state index is 13.5. The maximum absolute atomic E-state index is 13.5. The molecule has 1 heterocycles. The molecule has 194 valence electrons. The van der Waals surface area contributed by atoms with E-state index in [1.54, 1.807) is 17.0 Å². The van der Waals surface area contributed by atoms with Crippen molar-refractivity contribution in [2.45, 2.75) is 44.2 Å². The van der Waals surface area contributed by atoms with Crippen LogP contribution in [0.25, 0.3) is 0 Å². The number of sulfonamides is 1. The molecule has 7 nitrogen and oxygen atoms in total. The number of anilines is 1. The quantitative estimate of drug-likeness (QED) is 0.390. The highest BCUT2D eigenvalue weighted by Gasteiger charge is 2.33. The smallest absolute Gasteiger partial charge is 0.338 e. The number of rotatable bonds is 7. The van der Waals surface area contributed by atoms with Crippen LogP contribution in [0.2, 0.25) is 5.02 Å². The van der Waals surface area contributed by atoms with Gasteiger partial charge in [0.1, 0.15) is 4.90 Å². The third-order valence-electron chi connectivity index (χ3n) is 6.20. The minimum absolute atomic E-state index is 0.00113. The summed E-state index contributed by atoms with van der Waals surface area (Å²) in [4.78, 5) is 27.3. The van der Waals surface area contributed by atoms with Gasteiger partial charge in [0.2, 0.25) is 0 Å². The number of halogens is 1. The number of hydrogen-bond donors (Lipinski definition) is 0. The zero-order valence-corrected chi connectivity index (χ0v) is 22.6. The molecule has 9 heteroatoms. The van der Waals surface area contributed by atoms with Crippen molar-refractivity contribution in [3.8, 4) is 0 Å². The Labute approximate surface area is 222 Å². The summed E-state index contributed by atoms with van der Waals surface area (Å²) in [5.74, 6) is -1.17. The Morgan fingerprint density at radius 1 is 1.00 bits per heavy atom. The number of nitrogens with zero attached hydrogens (tertiary/aromatic N) is 2. The zero-order chi connectivity index (χ0) is 26.8. The van der Waals surface area contributed by atoms with E-state index < -0.39 is 28.1 Å². The Hall–Kier alpha value is -3.36. The molecule has 4 rings (SSSR count). The number of esters is 1. The Bertz CT molecular complexity index is 1420. The lowest BCUT2D eigenvalue weighted by Gasteiger charge is -2.35. The minimum atomic E-state index is -4.02. The molecule has 0 unspecified atom stereocenters. The van der Waals surface area contributed by atoms with Crippen molar-refractivity contribution in [1.82, 2.24) is 4.90 Å². The first-order chi connectivity index (χ1) is 17.5. The maximum Gasteiger partial charge on any atom is 0.338 e. The summed E-state index contributed by atoms with van der Waals surface area (Å²) in [7, 11) is -4.02. The van der Waals surface area contributed by atoms with E-state index in [0.717, 1.165) is 11.1 Å². The molecular weight excluding hydrogens is 512 g/mol. The summed E-state index contributed by atoms with van der Waals surface area (Å²) in [5, 5.41) is -0.00113. The van der Waals surface area contributed by atoms with E-state index >= 15 is 0 Å². The summed E-state index contributed by atoms with van der Waals surface area (Å²) < 4.78 is 33.5. The van der Waals surface area contributed by atoms with Crippen LogP contribution in [0.3, 0.4) is 0 Å². The van der Waals surface area contributed by atoms with Gasteiger partial charge in [-0.1, -0.05) is 60.1 Å². The fraction of sp³-hybridized carbons (Fsp3) is 0.286. The first-order valence-corrected chi connectivity index (χ1v) is 13.7. The van der Waals surface area contributed by atoms with Crippen molar-refractivity contribution in [1.29, 1.82) is 0 Å². The van der Waals surface area contributed by atoms with Crippen LogP contribution < -0.4 is 4.31 Å². The van der Waals surface area contributed by atoms with Crippen LogP contribution >= 0.6 is 11.6 Å². The van der Waals surface area contributed by atoms with Crippen LogP contribution in [0.15, 0.2) is 77.7 Å². The molecule has 0 radical (unpaired) electrons. The van der Waals surface area contributed by atoms with E-state index in [0.29, 0.717) is 18.7 Å². The molecule has 1 aliphatic rings. The van der Waals surface area contributed by atoms with Gasteiger partial charge in [0.15, 0.2) is 6.61 Å². The average Bonchev–Trinajstić information content (AvgIpc) is 3.31. The molecule has 1 aliphatic heterocycles. The highest BCUT2D eigenvalue weighted by molar-refractivity contribution is 7.93. The third-order valence-corrected chi connectivity index (χ3v) is 8.50. The first-order valence-electron chi connectivity index (χ1n) is 11.9. The van der Waals surface area contributed by atoms with Crippen LogP contribution in [0, 0.1) is 0 Å². The number of benzene rings is 3. The number of fused-ring (bicyclic) bond motifs is 1. The molecular formula is C28H29ClN2O5S. The highest BCUT2D eigenvalue weighted by atomic mass is 35.5. The van der Waals surface area contributed by atoms with Crippen LogP contribution in [0.4, 0.5) is 5.69 Å². The summed E-state index contributed by atoms with van der Waals surface area (Å²) in [6.45, 7) is 5.88. The minimum Gasteiger partial charge on any atom is -0.452 e. The second-order valence-electron chi connectivity index (χ2n) is 9.81. The van der Waals surface area contributed by atoms with Crippen molar-refractivity contribution in [2.75, 3.05) is 17.5 Å². The normalized spacial score (nSPS) is 13.2. The molecule has 0 atom stereocenters. The lowest BCUT2D eigenvalue weighted by molar-refractivity contribution is -0.140. The van der Waals surface area contributed by atoms with Crippen molar-refractivity contribution in [3.05, 3.63) is 94.5 Å². The van der Waals surface area contributed by atoms with Crippen LogP contribution in [-0.4, -0.2) is 43.9 Å². The highest BCUT2D eigenvalue weighted by Crippen LogP contribution is 2.35. The molecule has 1 amide bonds. The Balaban J connectivity index is 1.50. The fourth-order valence-electron chi connectivity index (χ4n) is 4.26. The van der Waals surface area contributed by atoms with Crippen LogP contribution in [0.1, 0.15) is 42.3 Å². The molecule has 3 aromatic rings. The molecule has 0 aromatic heterocycles. The Morgan fingerprint density at radius 2 is 1.68 bits per heavy atom. The summed E-state index contributed by atoms with van der Waals surface area (Å²) in [5.41, 5.74) is 1.96. The molecule has 0 saturated heterocycles. The average molecular weight is 541 g/mol. The number of carbonyl (C=O) groups is 2. The number of para-hydroxylation sites is 1. The zero-order valence-electron chi connectivity index (χ0n) is 21.0. The van der Waals surface area contributed by atoms with Crippen LogP contribution in [0.5, 0.6) is 0 Å². The number of ether oxygens (including phenoxy) is 1. The number of hydrogen-bond acceptors (Lipinski definition) is 5.